The van der Waals surface area contributed by atoms with Gasteiger partial charge in [-0.05, 0) is 34.5 Å². The van der Waals surface area contributed by atoms with Crippen LogP contribution in [0.5, 0.6) is 0 Å². The van der Waals surface area contributed by atoms with Crippen molar-refractivity contribution in [2.75, 3.05) is 19.6 Å². The standard InChI is InChI=1S/C18H21FN2O2S.ClH/c19-18(7-8-20-13-18)17(23)21(10-14-4-2-1-3-5-14)11-16(22)15-6-9-24-12-15;/h1-6,9,12,16,20,22H,7-8,10-11,13H2;1H. The average Bonchev–Trinajstić information content (AvgIpc) is 3.27. The number of amides is 1. The third-order valence-corrected chi connectivity index (χ3v) is 5.01. The second-order valence-electron chi connectivity index (χ2n) is 6.14. The molecule has 2 unspecified atom stereocenters. The van der Waals surface area contributed by atoms with Gasteiger partial charge in [-0.25, -0.2) is 4.39 Å². The minimum atomic E-state index is -1.89. The number of nitrogens with one attached hydrogen (secondary N) is 1. The van der Waals surface area contributed by atoms with Crippen LogP contribution in [0.3, 0.4) is 0 Å². The van der Waals surface area contributed by atoms with Crippen molar-refractivity contribution in [3.05, 3.63) is 58.3 Å². The molecule has 1 amide bonds. The zero-order valence-corrected chi connectivity index (χ0v) is 15.4. The normalized spacial score (nSPS) is 20.7. The molecule has 1 saturated heterocycles. The molecule has 0 radical (unpaired) electrons. The van der Waals surface area contributed by atoms with Crippen LogP contribution in [0.1, 0.15) is 23.7 Å². The van der Waals surface area contributed by atoms with E-state index in [1.54, 1.807) is 0 Å². The van der Waals surface area contributed by atoms with E-state index in [1.165, 1.54) is 16.2 Å². The summed E-state index contributed by atoms with van der Waals surface area (Å²) in [5, 5.41) is 17.0. The highest BCUT2D eigenvalue weighted by molar-refractivity contribution is 7.07. The fraction of sp³-hybridized carbons (Fsp3) is 0.389. The number of nitrogens with zero attached hydrogens (tertiary/aromatic N) is 1. The molecule has 2 atom stereocenters. The molecule has 7 heteroatoms. The number of rotatable bonds is 6. The number of alkyl halides is 1. The van der Waals surface area contributed by atoms with E-state index < -0.39 is 17.7 Å². The van der Waals surface area contributed by atoms with Gasteiger partial charge in [-0.2, -0.15) is 11.3 Å². The molecule has 1 aliphatic heterocycles. The Morgan fingerprint density at radius 2 is 2.12 bits per heavy atom. The number of hydrogen-bond donors (Lipinski definition) is 2. The Morgan fingerprint density at radius 1 is 1.36 bits per heavy atom. The van der Waals surface area contributed by atoms with Crippen molar-refractivity contribution in [2.24, 2.45) is 0 Å². The van der Waals surface area contributed by atoms with Crippen molar-refractivity contribution in [2.45, 2.75) is 24.7 Å². The number of aliphatic hydroxyl groups excluding tert-OH is 1. The number of carbonyl (C=O) groups excluding carboxylic acids is 1. The molecule has 136 valence electrons. The molecule has 2 heterocycles. The summed E-state index contributed by atoms with van der Waals surface area (Å²) in [5.74, 6) is -0.550. The SMILES string of the molecule is Cl.O=C(N(Cc1ccccc1)CC(O)c1ccsc1)C1(F)CCNC1. The fourth-order valence-electron chi connectivity index (χ4n) is 2.93. The number of aliphatic hydroxyl groups is 1. The Hall–Kier alpha value is -1.47. The number of hydrogen-bond acceptors (Lipinski definition) is 4. The first-order chi connectivity index (χ1) is 11.6. The van der Waals surface area contributed by atoms with Gasteiger partial charge in [-0.3, -0.25) is 4.79 Å². The largest absolute Gasteiger partial charge is 0.387 e. The lowest BCUT2D eigenvalue weighted by Gasteiger charge is -2.30. The highest BCUT2D eigenvalue weighted by Gasteiger charge is 2.44. The van der Waals surface area contributed by atoms with E-state index in [1.807, 2.05) is 47.2 Å². The Balaban J connectivity index is 0.00000225. The van der Waals surface area contributed by atoms with Crippen molar-refractivity contribution < 1.29 is 14.3 Å². The smallest absolute Gasteiger partial charge is 0.262 e. The zero-order chi connectivity index (χ0) is 17.0. The van der Waals surface area contributed by atoms with Crippen molar-refractivity contribution in [3.8, 4) is 0 Å². The highest BCUT2D eigenvalue weighted by Crippen LogP contribution is 2.26. The van der Waals surface area contributed by atoms with Crippen molar-refractivity contribution in [1.82, 2.24) is 10.2 Å². The highest BCUT2D eigenvalue weighted by atomic mass is 35.5. The van der Waals surface area contributed by atoms with Crippen molar-refractivity contribution >= 4 is 29.7 Å². The molecule has 3 rings (SSSR count). The third-order valence-electron chi connectivity index (χ3n) is 4.31. The van der Waals surface area contributed by atoms with E-state index in [2.05, 4.69) is 5.32 Å². The van der Waals surface area contributed by atoms with Gasteiger partial charge in [-0.15, -0.1) is 12.4 Å². The Labute approximate surface area is 157 Å². The van der Waals surface area contributed by atoms with Crippen LogP contribution in [0.2, 0.25) is 0 Å². The first-order valence-electron chi connectivity index (χ1n) is 8.01. The number of benzene rings is 1. The van der Waals surface area contributed by atoms with E-state index in [9.17, 15) is 14.3 Å². The summed E-state index contributed by atoms with van der Waals surface area (Å²) in [6.45, 7) is 0.892. The number of carbonyl (C=O) groups is 1. The molecule has 0 aliphatic carbocycles. The van der Waals surface area contributed by atoms with Gasteiger partial charge in [-0.1, -0.05) is 30.3 Å². The molecule has 1 aromatic carbocycles. The molecule has 2 aromatic rings. The van der Waals surface area contributed by atoms with Gasteiger partial charge >= 0.3 is 0 Å². The van der Waals surface area contributed by atoms with E-state index in [0.29, 0.717) is 6.54 Å². The molecular weight excluding hydrogens is 363 g/mol. The van der Waals surface area contributed by atoms with Gasteiger partial charge < -0.3 is 15.3 Å². The molecule has 4 nitrogen and oxygen atoms in total. The van der Waals surface area contributed by atoms with E-state index in [0.717, 1.165) is 11.1 Å². The van der Waals surface area contributed by atoms with Gasteiger partial charge in [0.25, 0.3) is 5.91 Å². The van der Waals surface area contributed by atoms with Gasteiger partial charge in [0.2, 0.25) is 5.67 Å². The van der Waals surface area contributed by atoms with Gasteiger partial charge in [0.1, 0.15) is 0 Å². The Morgan fingerprint density at radius 3 is 2.72 bits per heavy atom. The summed E-state index contributed by atoms with van der Waals surface area (Å²) in [6.07, 6.45) is -0.645. The quantitative estimate of drug-likeness (QED) is 0.805. The fourth-order valence-corrected chi connectivity index (χ4v) is 3.64. The number of halogens is 2. The number of thiophene rings is 1. The van der Waals surface area contributed by atoms with Crippen LogP contribution in [0, 0.1) is 0 Å². The Bertz CT molecular complexity index is 663. The molecule has 25 heavy (non-hydrogen) atoms. The van der Waals surface area contributed by atoms with Crippen LogP contribution in [0.25, 0.3) is 0 Å². The van der Waals surface area contributed by atoms with Crippen LogP contribution >= 0.6 is 23.7 Å². The Kier molecular flexibility index (Phi) is 6.95. The second kappa shape index (κ2) is 8.76. The molecule has 0 saturated carbocycles. The summed E-state index contributed by atoms with van der Waals surface area (Å²) < 4.78 is 14.9. The lowest BCUT2D eigenvalue weighted by molar-refractivity contribution is -0.145. The van der Waals surface area contributed by atoms with Crippen LogP contribution in [0.15, 0.2) is 47.2 Å². The van der Waals surface area contributed by atoms with E-state index in [4.69, 9.17) is 0 Å². The summed E-state index contributed by atoms with van der Waals surface area (Å²) in [4.78, 5) is 14.2. The van der Waals surface area contributed by atoms with Crippen LogP contribution in [-0.4, -0.2) is 41.2 Å². The predicted molar refractivity (Wildman–Crippen MR) is 99.7 cm³/mol. The lowest BCUT2D eigenvalue weighted by atomic mass is 10.0. The molecular formula is C18H22ClFN2O2S. The molecule has 1 fully saturated rings. The first-order valence-corrected chi connectivity index (χ1v) is 8.96. The van der Waals surface area contributed by atoms with Crippen LogP contribution in [-0.2, 0) is 11.3 Å². The average molecular weight is 385 g/mol. The summed E-state index contributed by atoms with van der Waals surface area (Å²) >= 11 is 1.48. The maximum Gasteiger partial charge on any atom is 0.262 e. The molecule has 1 aliphatic rings. The first kappa shape index (κ1) is 19.8. The topological polar surface area (TPSA) is 52.6 Å². The summed E-state index contributed by atoms with van der Waals surface area (Å²) in [7, 11) is 0. The van der Waals surface area contributed by atoms with Crippen LogP contribution in [0.4, 0.5) is 4.39 Å². The maximum atomic E-state index is 14.9. The van der Waals surface area contributed by atoms with Gasteiger partial charge in [0, 0.05) is 19.5 Å². The lowest BCUT2D eigenvalue weighted by Crippen LogP contribution is -2.48. The molecule has 0 bridgehead atoms. The maximum absolute atomic E-state index is 14.9. The predicted octanol–water partition coefficient (Wildman–Crippen LogP) is 2.93. The molecule has 2 N–H and O–H groups in total. The van der Waals surface area contributed by atoms with Crippen molar-refractivity contribution in [3.63, 3.8) is 0 Å². The summed E-state index contributed by atoms with van der Waals surface area (Å²) in [6, 6.07) is 11.3. The van der Waals surface area contributed by atoms with Crippen molar-refractivity contribution in [1.29, 1.82) is 0 Å². The molecule has 1 aromatic heterocycles. The minimum absolute atomic E-state index is 0. The van der Waals surface area contributed by atoms with E-state index >= 15 is 0 Å². The van der Waals surface area contributed by atoms with Crippen LogP contribution < -0.4 is 5.32 Å². The summed E-state index contributed by atoms with van der Waals surface area (Å²) in [5.41, 5.74) is -0.218. The zero-order valence-electron chi connectivity index (χ0n) is 13.7. The minimum Gasteiger partial charge on any atom is -0.387 e. The second-order valence-corrected chi connectivity index (χ2v) is 6.92. The monoisotopic (exact) mass is 384 g/mol. The van der Waals surface area contributed by atoms with Gasteiger partial charge in [0.15, 0.2) is 0 Å². The third kappa shape index (κ3) is 4.79. The van der Waals surface area contributed by atoms with Gasteiger partial charge in [0.05, 0.1) is 12.6 Å². The van der Waals surface area contributed by atoms with E-state index in [-0.39, 0.29) is 38.5 Å². The molecule has 0 spiro atoms.